The molecule has 0 spiro atoms. The zero-order chi connectivity index (χ0) is 16.5. The Morgan fingerprint density at radius 3 is 2.38 bits per heavy atom. The summed E-state index contributed by atoms with van der Waals surface area (Å²) < 4.78 is 36.5. The van der Waals surface area contributed by atoms with Crippen molar-refractivity contribution < 1.29 is 18.0 Å². The molecule has 8 heteroatoms. The molecule has 0 aromatic rings. The standard InChI is InChI=1S/C13H25F3N4O/c1-10(2)6-5-7-18-12(17-3)19-8-11(21)20(4)9-13(14,15)16/h10H,5-9H2,1-4H3,(H2,17,18,19). The van der Waals surface area contributed by atoms with Gasteiger partial charge >= 0.3 is 6.18 Å². The molecule has 0 aromatic carbocycles. The molecule has 0 aliphatic carbocycles. The monoisotopic (exact) mass is 310 g/mol. The summed E-state index contributed by atoms with van der Waals surface area (Å²) in [6.07, 6.45) is -2.36. The van der Waals surface area contributed by atoms with Crippen LogP contribution in [0.3, 0.4) is 0 Å². The van der Waals surface area contributed by atoms with Crippen molar-refractivity contribution in [3.8, 4) is 0 Å². The first kappa shape index (κ1) is 19.5. The van der Waals surface area contributed by atoms with Gasteiger partial charge in [-0.25, -0.2) is 0 Å². The maximum atomic E-state index is 12.2. The number of rotatable bonds is 7. The van der Waals surface area contributed by atoms with Crippen LogP contribution >= 0.6 is 0 Å². The van der Waals surface area contributed by atoms with Crippen molar-refractivity contribution in [3.05, 3.63) is 0 Å². The highest BCUT2D eigenvalue weighted by molar-refractivity contribution is 5.86. The van der Waals surface area contributed by atoms with Crippen LogP contribution in [0, 0.1) is 5.92 Å². The van der Waals surface area contributed by atoms with Crippen LogP contribution in [0.2, 0.25) is 0 Å². The minimum Gasteiger partial charge on any atom is -0.356 e. The third kappa shape index (κ3) is 10.9. The molecule has 0 aliphatic heterocycles. The number of guanidine groups is 1. The van der Waals surface area contributed by atoms with E-state index in [2.05, 4.69) is 29.5 Å². The Morgan fingerprint density at radius 1 is 1.29 bits per heavy atom. The molecule has 0 rings (SSSR count). The average Bonchev–Trinajstić information content (AvgIpc) is 2.35. The van der Waals surface area contributed by atoms with Gasteiger partial charge in [-0.3, -0.25) is 9.79 Å². The highest BCUT2D eigenvalue weighted by atomic mass is 19.4. The van der Waals surface area contributed by atoms with E-state index in [9.17, 15) is 18.0 Å². The molecule has 0 fully saturated rings. The van der Waals surface area contributed by atoms with Gasteiger partial charge in [-0.2, -0.15) is 13.2 Å². The summed E-state index contributed by atoms with van der Waals surface area (Å²) in [6, 6.07) is 0. The molecule has 0 radical (unpaired) electrons. The number of nitrogens with one attached hydrogen (secondary N) is 2. The number of aliphatic imine (C=N–C) groups is 1. The number of carbonyl (C=O) groups excluding carboxylic acids is 1. The summed E-state index contributed by atoms with van der Waals surface area (Å²) in [5, 5.41) is 5.72. The molecule has 0 unspecified atom stereocenters. The van der Waals surface area contributed by atoms with Crippen molar-refractivity contribution >= 4 is 11.9 Å². The molecule has 124 valence electrons. The SMILES string of the molecule is CN=C(NCCCC(C)C)NCC(=O)N(C)CC(F)(F)F. The van der Waals surface area contributed by atoms with Gasteiger partial charge in [0.1, 0.15) is 6.54 Å². The number of nitrogens with zero attached hydrogens (tertiary/aromatic N) is 2. The van der Waals surface area contributed by atoms with Gasteiger partial charge in [0.2, 0.25) is 5.91 Å². The van der Waals surface area contributed by atoms with E-state index in [1.165, 1.54) is 0 Å². The third-order valence-corrected chi connectivity index (χ3v) is 2.72. The largest absolute Gasteiger partial charge is 0.406 e. The number of hydrogen-bond donors (Lipinski definition) is 2. The first-order chi connectivity index (χ1) is 9.65. The molecule has 0 saturated carbocycles. The lowest BCUT2D eigenvalue weighted by Gasteiger charge is -2.20. The fraction of sp³-hybridized carbons (Fsp3) is 0.846. The maximum absolute atomic E-state index is 12.2. The third-order valence-electron chi connectivity index (χ3n) is 2.72. The average molecular weight is 310 g/mol. The van der Waals surface area contributed by atoms with E-state index in [-0.39, 0.29) is 6.54 Å². The minimum absolute atomic E-state index is 0.226. The predicted octanol–water partition coefficient (Wildman–Crippen LogP) is 1.61. The van der Waals surface area contributed by atoms with E-state index in [1.807, 2.05) is 0 Å². The molecule has 0 aliphatic rings. The van der Waals surface area contributed by atoms with E-state index in [4.69, 9.17) is 0 Å². The molecule has 0 bridgehead atoms. The van der Waals surface area contributed by atoms with E-state index in [0.29, 0.717) is 23.3 Å². The fourth-order valence-corrected chi connectivity index (χ4v) is 1.59. The van der Waals surface area contributed by atoms with E-state index in [0.717, 1.165) is 19.9 Å². The molecule has 2 N–H and O–H groups in total. The summed E-state index contributed by atoms with van der Waals surface area (Å²) in [7, 11) is 2.66. The second kappa shape index (κ2) is 9.46. The zero-order valence-electron chi connectivity index (χ0n) is 13.0. The van der Waals surface area contributed by atoms with E-state index in [1.54, 1.807) is 7.05 Å². The molecule has 0 atom stereocenters. The second-order valence-corrected chi connectivity index (χ2v) is 5.25. The molecule has 5 nitrogen and oxygen atoms in total. The van der Waals surface area contributed by atoms with Crippen molar-refractivity contribution in [1.29, 1.82) is 0 Å². The van der Waals surface area contributed by atoms with Gasteiger partial charge in [-0.1, -0.05) is 13.8 Å². The number of hydrogen-bond acceptors (Lipinski definition) is 2. The summed E-state index contributed by atoms with van der Waals surface area (Å²) in [5.74, 6) is 0.379. The molecule has 21 heavy (non-hydrogen) atoms. The number of carbonyl (C=O) groups is 1. The Labute approximate surface area is 124 Å². The smallest absolute Gasteiger partial charge is 0.356 e. The van der Waals surface area contributed by atoms with Gasteiger partial charge in [0, 0.05) is 20.6 Å². The lowest BCUT2D eigenvalue weighted by molar-refractivity contribution is -0.157. The molecule has 0 aromatic heterocycles. The van der Waals surface area contributed by atoms with E-state index >= 15 is 0 Å². The number of likely N-dealkylation sites (N-methyl/N-ethyl adjacent to an activating group) is 1. The van der Waals surface area contributed by atoms with Gasteiger partial charge in [0.25, 0.3) is 0 Å². The normalized spacial score (nSPS) is 12.5. The van der Waals surface area contributed by atoms with Crippen LogP contribution in [0.5, 0.6) is 0 Å². The quantitative estimate of drug-likeness (QED) is 0.427. The Morgan fingerprint density at radius 2 is 1.90 bits per heavy atom. The van der Waals surface area contributed by atoms with Gasteiger partial charge in [0.15, 0.2) is 5.96 Å². The highest BCUT2D eigenvalue weighted by Crippen LogP contribution is 2.15. The first-order valence-corrected chi connectivity index (χ1v) is 6.91. The molecule has 0 heterocycles. The Kier molecular flexibility index (Phi) is 8.80. The lowest BCUT2D eigenvalue weighted by Crippen LogP contribution is -2.45. The Bertz CT molecular complexity index is 343. The summed E-state index contributed by atoms with van der Waals surface area (Å²) >= 11 is 0. The topological polar surface area (TPSA) is 56.7 Å². The summed E-state index contributed by atoms with van der Waals surface area (Å²) in [5.41, 5.74) is 0. The van der Waals surface area contributed by atoms with Crippen LogP contribution in [0.1, 0.15) is 26.7 Å². The van der Waals surface area contributed by atoms with Crippen LogP contribution in [-0.2, 0) is 4.79 Å². The van der Waals surface area contributed by atoms with Crippen molar-refractivity contribution in [2.24, 2.45) is 10.9 Å². The Hall–Kier alpha value is -1.47. The molecular weight excluding hydrogens is 285 g/mol. The van der Waals surface area contributed by atoms with Gasteiger partial charge in [-0.15, -0.1) is 0 Å². The lowest BCUT2D eigenvalue weighted by atomic mass is 10.1. The van der Waals surface area contributed by atoms with E-state index < -0.39 is 18.6 Å². The van der Waals surface area contributed by atoms with Crippen molar-refractivity contribution in [1.82, 2.24) is 15.5 Å². The number of amides is 1. The molecule has 1 amide bonds. The first-order valence-electron chi connectivity index (χ1n) is 6.91. The minimum atomic E-state index is -4.39. The van der Waals surface area contributed by atoms with Crippen LogP contribution in [0.25, 0.3) is 0 Å². The fourth-order valence-electron chi connectivity index (χ4n) is 1.59. The summed E-state index contributed by atoms with van der Waals surface area (Å²) in [4.78, 5) is 16.1. The van der Waals surface area contributed by atoms with Gasteiger partial charge in [-0.05, 0) is 18.8 Å². The number of alkyl halides is 3. The molecule has 0 saturated heterocycles. The zero-order valence-corrected chi connectivity index (χ0v) is 13.0. The number of halogens is 3. The second-order valence-electron chi connectivity index (χ2n) is 5.25. The maximum Gasteiger partial charge on any atom is 0.406 e. The van der Waals surface area contributed by atoms with Gasteiger partial charge in [0.05, 0.1) is 6.54 Å². The predicted molar refractivity (Wildman–Crippen MR) is 77.1 cm³/mol. The van der Waals surface area contributed by atoms with Crippen LogP contribution in [0.15, 0.2) is 4.99 Å². The van der Waals surface area contributed by atoms with Crippen molar-refractivity contribution in [2.45, 2.75) is 32.9 Å². The Balaban J connectivity index is 4.02. The highest BCUT2D eigenvalue weighted by Gasteiger charge is 2.31. The molecular formula is C13H25F3N4O. The summed E-state index contributed by atoms with van der Waals surface area (Å²) in [6.45, 7) is 3.47. The van der Waals surface area contributed by atoms with Crippen LogP contribution in [0.4, 0.5) is 13.2 Å². The van der Waals surface area contributed by atoms with Crippen LogP contribution < -0.4 is 10.6 Å². The van der Waals surface area contributed by atoms with Crippen molar-refractivity contribution in [2.75, 3.05) is 33.7 Å². The van der Waals surface area contributed by atoms with Crippen LogP contribution in [-0.4, -0.2) is 56.7 Å². The van der Waals surface area contributed by atoms with Gasteiger partial charge < -0.3 is 15.5 Å². The van der Waals surface area contributed by atoms with Crippen molar-refractivity contribution in [3.63, 3.8) is 0 Å².